The molecule has 1 fully saturated rings. The summed E-state index contributed by atoms with van der Waals surface area (Å²) in [6.45, 7) is 1.78. The number of nitrogens with two attached hydrogens (primary N) is 1. The fraction of sp³-hybridized carbons (Fsp3) is 0.385. The van der Waals surface area contributed by atoms with Gasteiger partial charge in [0.05, 0.1) is 12.7 Å². The van der Waals surface area contributed by atoms with Crippen LogP contribution in [-0.2, 0) is 16.7 Å². The van der Waals surface area contributed by atoms with E-state index in [1.54, 1.807) is 24.3 Å². The number of hydrogen-bond acceptors (Lipinski definition) is 6. The predicted octanol–water partition coefficient (Wildman–Crippen LogP) is 3.68. The van der Waals surface area contributed by atoms with Crippen LogP contribution in [0.1, 0.15) is 52.2 Å². The molecule has 1 aromatic heterocycles. The molecular weight excluding hydrogens is 466 g/mol. The molecular formula is C26H28ClN5O3. The number of nitrogens with zero attached hydrogens (tertiary/aromatic N) is 4. The Morgan fingerprint density at radius 3 is 2.49 bits per heavy atom. The van der Waals surface area contributed by atoms with Gasteiger partial charge in [-0.15, -0.1) is 10.2 Å². The quantitative estimate of drug-likeness (QED) is 0.544. The maximum atomic E-state index is 13.4. The molecule has 9 heteroatoms. The van der Waals surface area contributed by atoms with Crippen LogP contribution in [0.2, 0.25) is 5.02 Å². The Morgan fingerprint density at radius 1 is 1.11 bits per heavy atom. The standard InChI is InChI=1S/C26H28ClN5O3/c1-35-25(34)18-7-5-17(6-8-18)22-29-30-23-24(33)31(13-14-32(22)23)21-9-11-26(16-28,12-10-21)19-3-2-4-20(27)15-19/h2-8,15,21H,9-14,16,28H2,1H3. The van der Waals surface area contributed by atoms with E-state index in [2.05, 4.69) is 16.3 Å². The minimum absolute atomic E-state index is 0.0887. The highest BCUT2D eigenvalue weighted by molar-refractivity contribution is 6.30. The Kier molecular flexibility index (Phi) is 6.34. The molecule has 3 aromatic rings. The fourth-order valence-electron chi connectivity index (χ4n) is 5.44. The molecule has 2 heterocycles. The summed E-state index contributed by atoms with van der Waals surface area (Å²) in [6.07, 6.45) is 3.57. The molecule has 8 nitrogen and oxygen atoms in total. The Hall–Kier alpha value is -3.23. The number of hydrogen-bond donors (Lipinski definition) is 1. The first-order valence-electron chi connectivity index (χ1n) is 11.8. The SMILES string of the molecule is COC(=O)c1ccc(-c2nnc3n2CCN(C2CCC(CN)(c4cccc(Cl)c4)CC2)C3=O)cc1. The second kappa shape index (κ2) is 9.43. The van der Waals surface area contributed by atoms with E-state index < -0.39 is 5.97 Å². The minimum Gasteiger partial charge on any atom is -0.465 e. The molecule has 1 amide bonds. The molecule has 2 N–H and O–H groups in total. The maximum Gasteiger partial charge on any atom is 0.337 e. The second-order valence-corrected chi connectivity index (χ2v) is 9.73. The minimum atomic E-state index is -0.396. The Labute approximate surface area is 209 Å². The zero-order valence-electron chi connectivity index (χ0n) is 19.6. The summed E-state index contributed by atoms with van der Waals surface area (Å²) in [4.78, 5) is 27.0. The van der Waals surface area contributed by atoms with Crippen molar-refractivity contribution in [1.82, 2.24) is 19.7 Å². The van der Waals surface area contributed by atoms with Crippen LogP contribution in [-0.4, -0.2) is 57.8 Å². The molecule has 5 rings (SSSR count). The van der Waals surface area contributed by atoms with Gasteiger partial charge in [-0.2, -0.15) is 0 Å². The normalized spacial score (nSPS) is 22.1. The summed E-state index contributed by atoms with van der Waals surface area (Å²) in [5.41, 5.74) is 8.58. The molecule has 0 unspecified atom stereocenters. The topological polar surface area (TPSA) is 103 Å². The third kappa shape index (κ3) is 4.21. The molecule has 1 saturated carbocycles. The number of carbonyl (C=O) groups is 2. The van der Waals surface area contributed by atoms with Gasteiger partial charge in [0.1, 0.15) is 0 Å². The van der Waals surface area contributed by atoms with Crippen molar-refractivity contribution in [3.05, 3.63) is 70.5 Å². The number of amides is 1. The number of halogens is 1. The number of methoxy groups -OCH3 is 1. The summed E-state index contributed by atoms with van der Waals surface area (Å²) >= 11 is 6.25. The maximum absolute atomic E-state index is 13.4. The van der Waals surface area contributed by atoms with Crippen molar-refractivity contribution in [2.24, 2.45) is 5.73 Å². The van der Waals surface area contributed by atoms with Crippen LogP contribution >= 0.6 is 11.6 Å². The first-order valence-corrected chi connectivity index (χ1v) is 12.2. The van der Waals surface area contributed by atoms with Gasteiger partial charge in [-0.05, 0) is 55.5 Å². The molecule has 1 aliphatic carbocycles. The number of fused-ring (bicyclic) bond motifs is 1. The van der Waals surface area contributed by atoms with Crippen molar-refractivity contribution in [3.8, 4) is 11.4 Å². The van der Waals surface area contributed by atoms with Crippen molar-refractivity contribution >= 4 is 23.5 Å². The highest BCUT2D eigenvalue weighted by atomic mass is 35.5. The molecule has 2 aromatic carbocycles. The van der Waals surface area contributed by atoms with Gasteiger partial charge in [-0.25, -0.2) is 4.79 Å². The van der Waals surface area contributed by atoms with Gasteiger partial charge < -0.3 is 19.9 Å². The van der Waals surface area contributed by atoms with Crippen molar-refractivity contribution in [3.63, 3.8) is 0 Å². The summed E-state index contributed by atoms with van der Waals surface area (Å²) in [6, 6.07) is 15.1. The monoisotopic (exact) mass is 493 g/mol. The number of rotatable bonds is 5. The van der Waals surface area contributed by atoms with Crippen LogP contribution in [0.4, 0.5) is 0 Å². The van der Waals surface area contributed by atoms with Crippen LogP contribution < -0.4 is 5.73 Å². The summed E-state index contributed by atoms with van der Waals surface area (Å²) in [5.74, 6) is 0.492. The van der Waals surface area contributed by atoms with E-state index in [4.69, 9.17) is 22.1 Å². The number of benzene rings is 2. The fourth-order valence-corrected chi connectivity index (χ4v) is 5.63. The molecule has 0 saturated heterocycles. The van der Waals surface area contributed by atoms with Crippen molar-refractivity contribution in [1.29, 1.82) is 0 Å². The third-order valence-electron chi connectivity index (χ3n) is 7.51. The van der Waals surface area contributed by atoms with Gasteiger partial charge in [0.25, 0.3) is 5.91 Å². The molecule has 2 aliphatic rings. The lowest BCUT2D eigenvalue weighted by Gasteiger charge is -2.44. The van der Waals surface area contributed by atoms with Gasteiger partial charge in [0.2, 0.25) is 5.82 Å². The average Bonchev–Trinajstić information content (AvgIpc) is 3.34. The van der Waals surface area contributed by atoms with Gasteiger partial charge in [0, 0.05) is 41.7 Å². The molecule has 0 radical (unpaired) electrons. The average molecular weight is 494 g/mol. The van der Waals surface area contributed by atoms with Gasteiger partial charge in [0.15, 0.2) is 5.82 Å². The summed E-state index contributed by atoms with van der Waals surface area (Å²) in [7, 11) is 1.35. The second-order valence-electron chi connectivity index (χ2n) is 9.29. The summed E-state index contributed by atoms with van der Waals surface area (Å²) in [5, 5.41) is 9.25. The largest absolute Gasteiger partial charge is 0.465 e. The Morgan fingerprint density at radius 2 is 1.83 bits per heavy atom. The van der Waals surface area contributed by atoms with Crippen molar-refractivity contribution in [2.75, 3.05) is 20.2 Å². The number of esters is 1. The highest BCUT2D eigenvalue weighted by Crippen LogP contribution is 2.41. The van der Waals surface area contributed by atoms with Gasteiger partial charge >= 0.3 is 5.97 Å². The number of ether oxygens (including phenoxy) is 1. The van der Waals surface area contributed by atoms with Crippen LogP contribution in [0, 0.1) is 0 Å². The summed E-state index contributed by atoms with van der Waals surface area (Å²) < 4.78 is 6.62. The zero-order chi connectivity index (χ0) is 24.6. The lowest BCUT2D eigenvalue weighted by molar-refractivity contribution is 0.0523. The predicted molar refractivity (Wildman–Crippen MR) is 132 cm³/mol. The van der Waals surface area contributed by atoms with Crippen molar-refractivity contribution < 1.29 is 14.3 Å². The van der Waals surface area contributed by atoms with E-state index in [-0.39, 0.29) is 17.4 Å². The van der Waals surface area contributed by atoms with E-state index in [0.29, 0.717) is 36.8 Å². The van der Waals surface area contributed by atoms with Gasteiger partial charge in [-0.1, -0.05) is 35.9 Å². The molecule has 0 atom stereocenters. The molecule has 35 heavy (non-hydrogen) atoms. The smallest absolute Gasteiger partial charge is 0.337 e. The van der Waals surface area contributed by atoms with Crippen LogP contribution in [0.15, 0.2) is 48.5 Å². The Bertz CT molecular complexity index is 1250. The van der Waals surface area contributed by atoms with Gasteiger partial charge in [-0.3, -0.25) is 4.79 Å². The molecule has 182 valence electrons. The number of aromatic nitrogens is 3. The molecule has 0 bridgehead atoms. The first-order chi connectivity index (χ1) is 17.0. The first kappa shape index (κ1) is 23.5. The van der Waals surface area contributed by atoms with E-state index in [1.165, 1.54) is 12.7 Å². The van der Waals surface area contributed by atoms with Crippen LogP contribution in [0.25, 0.3) is 11.4 Å². The third-order valence-corrected chi connectivity index (χ3v) is 7.75. The van der Waals surface area contributed by atoms with Crippen LogP contribution in [0.3, 0.4) is 0 Å². The van der Waals surface area contributed by atoms with Crippen molar-refractivity contribution in [2.45, 2.75) is 43.7 Å². The van der Waals surface area contributed by atoms with E-state index in [0.717, 1.165) is 36.3 Å². The van der Waals surface area contributed by atoms with Crippen LogP contribution in [0.5, 0.6) is 0 Å². The Balaban J connectivity index is 1.31. The highest BCUT2D eigenvalue weighted by Gasteiger charge is 2.40. The molecule has 0 spiro atoms. The number of carbonyl (C=O) groups excluding carboxylic acids is 2. The van der Waals surface area contributed by atoms with E-state index >= 15 is 0 Å². The zero-order valence-corrected chi connectivity index (χ0v) is 20.4. The molecule has 1 aliphatic heterocycles. The van der Waals surface area contributed by atoms with E-state index in [9.17, 15) is 9.59 Å². The lowest BCUT2D eigenvalue weighted by atomic mass is 9.68. The van der Waals surface area contributed by atoms with E-state index in [1.807, 2.05) is 27.7 Å². The lowest BCUT2D eigenvalue weighted by Crippen LogP contribution is -2.50.